The quantitative estimate of drug-likeness (QED) is 0.577. The van der Waals surface area contributed by atoms with Crippen molar-refractivity contribution in [3.8, 4) is 0 Å². The molecule has 0 spiro atoms. The molecular formula is C14H17N3O5. The molecule has 8 nitrogen and oxygen atoms in total. The van der Waals surface area contributed by atoms with E-state index in [2.05, 4.69) is 5.32 Å². The van der Waals surface area contributed by atoms with E-state index in [4.69, 9.17) is 10.5 Å². The standard InChI is InChI=1S/C14H17N3O5/c15-13(18)11(16-14(19)12-2-1-7-22-12)8-9-3-5-10(6-4-9)17(20)21/h3-6,11-12H,1-2,7-8H2,(H2,15,18)(H,16,19)/t11-,12-/m1/s1. The Morgan fingerprint density at radius 2 is 2.09 bits per heavy atom. The molecule has 8 heteroatoms. The smallest absolute Gasteiger partial charge is 0.269 e. The van der Waals surface area contributed by atoms with Crippen molar-refractivity contribution in [1.82, 2.24) is 5.32 Å². The van der Waals surface area contributed by atoms with Crippen molar-refractivity contribution in [2.45, 2.75) is 31.4 Å². The van der Waals surface area contributed by atoms with E-state index >= 15 is 0 Å². The second kappa shape index (κ2) is 6.99. The van der Waals surface area contributed by atoms with Crippen LogP contribution in [0, 0.1) is 10.1 Å². The van der Waals surface area contributed by atoms with Crippen LogP contribution in [0.2, 0.25) is 0 Å². The Hall–Kier alpha value is -2.48. The van der Waals surface area contributed by atoms with Crippen LogP contribution in [0.1, 0.15) is 18.4 Å². The number of nitrogens with zero attached hydrogens (tertiary/aromatic N) is 1. The van der Waals surface area contributed by atoms with Crippen molar-refractivity contribution in [2.75, 3.05) is 6.61 Å². The highest BCUT2D eigenvalue weighted by molar-refractivity contribution is 5.88. The van der Waals surface area contributed by atoms with Crippen LogP contribution in [0.5, 0.6) is 0 Å². The molecule has 1 aliphatic heterocycles. The Morgan fingerprint density at radius 3 is 2.59 bits per heavy atom. The van der Waals surface area contributed by atoms with E-state index in [0.717, 1.165) is 6.42 Å². The molecule has 1 fully saturated rings. The minimum absolute atomic E-state index is 0.0391. The second-order valence-corrected chi connectivity index (χ2v) is 5.09. The molecule has 0 aromatic heterocycles. The molecule has 1 aromatic carbocycles. The fourth-order valence-electron chi connectivity index (χ4n) is 2.26. The van der Waals surface area contributed by atoms with Crippen molar-refractivity contribution in [1.29, 1.82) is 0 Å². The SMILES string of the molecule is NC(=O)[C@@H](Cc1ccc([N+](=O)[O-])cc1)NC(=O)[C@H]1CCCO1. The number of nitro benzene ring substituents is 1. The number of primary amides is 1. The van der Waals surface area contributed by atoms with E-state index in [1.165, 1.54) is 24.3 Å². The van der Waals surface area contributed by atoms with Gasteiger partial charge in [-0.05, 0) is 18.4 Å². The van der Waals surface area contributed by atoms with E-state index in [1.54, 1.807) is 0 Å². The van der Waals surface area contributed by atoms with Crippen LogP contribution in [0.25, 0.3) is 0 Å². The fourth-order valence-corrected chi connectivity index (χ4v) is 2.26. The Kier molecular flexibility index (Phi) is 5.05. The van der Waals surface area contributed by atoms with Gasteiger partial charge in [-0.3, -0.25) is 19.7 Å². The largest absolute Gasteiger partial charge is 0.368 e. The van der Waals surface area contributed by atoms with E-state index in [9.17, 15) is 19.7 Å². The maximum absolute atomic E-state index is 12.0. The zero-order valence-corrected chi connectivity index (χ0v) is 11.9. The summed E-state index contributed by atoms with van der Waals surface area (Å²) < 4.78 is 5.25. The number of carbonyl (C=O) groups excluding carboxylic acids is 2. The minimum atomic E-state index is -0.877. The molecule has 1 aromatic rings. The predicted molar refractivity (Wildman–Crippen MR) is 76.9 cm³/mol. The third-order valence-corrected chi connectivity index (χ3v) is 3.47. The lowest BCUT2D eigenvalue weighted by molar-refractivity contribution is -0.384. The number of rotatable bonds is 6. The van der Waals surface area contributed by atoms with Gasteiger partial charge in [-0.15, -0.1) is 0 Å². The van der Waals surface area contributed by atoms with E-state index < -0.39 is 23.0 Å². The van der Waals surface area contributed by atoms with Crippen LogP contribution >= 0.6 is 0 Å². The number of hydrogen-bond acceptors (Lipinski definition) is 5. The summed E-state index contributed by atoms with van der Waals surface area (Å²) in [6.45, 7) is 0.529. The van der Waals surface area contributed by atoms with Gasteiger partial charge < -0.3 is 15.8 Å². The van der Waals surface area contributed by atoms with Gasteiger partial charge in [-0.25, -0.2) is 0 Å². The normalized spacial score (nSPS) is 18.6. The molecule has 118 valence electrons. The first-order chi connectivity index (χ1) is 10.5. The molecule has 0 unspecified atom stereocenters. The summed E-state index contributed by atoms with van der Waals surface area (Å²) in [7, 11) is 0. The van der Waals surface area contributed by atoms with Crippen molar-refractivity contribution in [3.05, 3.63) is 39.9 Å². The Labute approximate surface area is 126 Å². The van der Waals surface area contributed by atoms with Gasteiger partial charge in [0.1, 0.15) is 12.1 Å². The van der Waals surface area contributed by atoms with Gasteiger partial charge in [0, 0.05) is 25.2 Å². The molecule has 1 heterocycles. The topological polar surface area (TPSA) is 125 Å². The number of amides is 2. The lowest BCUT2D eigenvalue weighted by Crippen LogP contribution is -2.49. The minimum Gasteiger partial charge on any atom is -0.368 e. The van der Waals surface area contributed by atoms with Crippen LogP contribution in [0.3, 0.4) is 0 Å². The van der Waals surface area contributed by atoms with Crippen molar-refractivity contribution in [3.63, 3.8) is 0 Å². The first-order valence-corrected chi connectivity index (χ1v) is 6.92. The van der Waals surface area contributed by atoms with Gasteiger partial charge in [-0.1, -0.05) is 12.1 Å². The molecule has 2 amide bonds. The van der Waals surface area contributed by atoms with Crippen LogP contribution in [-0.2, 0) is 20.7 Å². The van der Waals surface area contributed by atoms with Crippen molar-refractivity contribution in [2.24, 2.45) is 5.73 Å². The number of benzene rings is 1. The summed E-state index contributed by atoms with van der Waals surface area (Å²) in [5.74, 6) is -1.02. The zero-order chi connectivity index (χ0) is 16.1. The number of non-ortho nitro benzene ring substituents is 1. The van der Waals surface area contributed by atoms with E-state index in [1.807, 2.05) is 0 Å². The summed E-state index contributed by atoms with van der Waals surface area (Å²) in [4.78, 5) is 33.5. The Morgan fingerprint density at radius 1 is 1.41 bits per heavy atom. The van der Waals surface area contributed by atoms with Gasteiger partial charge in [0.05, 0.1) is 4.92 Å². The van der Waals surface area contributed by atoms with Gasteiger partial charge in [0.2, 0.25) is 11.8 Å². The molecule has 0 aliphatic carbocycles. The van der Waals surface area contributed by atoms with E-state index in [-0.39, 0.29) is 18.0 Å². The van der Waals surface area contributed by atoms with Crippen molar-refractivity contribution >= 4 is 17.5 Å². The maximum atomic E-state index is 12.0. The van der Waals surface area contributed by atoms with Gasteiger partial charge in [0.15, 0.2) is 0 Å². The first-order valence-electron chi connectivity index (χ1n) is 6.92. The van der Waals surface area contributed by atoms with Crippen LogP contribution in [-0.4, -0.2) is 35.5 Å². The third-order valence-electron chi connectivity index (χ3n) is 3.47. The van der Waals surface area contributed by atoms with Crippen LogP contribution in [0.15, 0.2) is 24.3 Å². The van der Waals surface area contributed by atoms with E-state index in [0.29, 0.717) is 18.6 Å². The van der Waals surface area contributed by atoms with Gasteiger partial charge in [0.25, 0.3) is 5.69 Å². The summed E-state index contributed by atoms with van der Waals surface area (Å²) in [5.41, 5.74) is 5.94. The summed E-state index contributed by atoms with van der Waals surface area (Å²) in [6, 6.07) is 4.88. The van der Waals surface area contributed by atoms with Crippen LogP contribution in [0.4, 0.5) is 5.69 Å². The molecule has 0 saturated carbocycles. The monoisotopic (exact) mass is 307 g/mol. The highest BCUT2D eigenvalue weighted by Crippen LogP contribution is 2.15. The number of hydrogen-bond donors (Lipinski definition) is 2. The lowest BCUT2D eigenvalue weighted by atomic mass is 10.0. The Balaban J connectivity index is 2.00. The average Bonchev–Trinajstić information content (AvgIpc) is 3.01. The average molecular weight is 307 g/mol. The molecule has 2 atom stereocenters. The number of nitrogens with two attached hydrogens (primary N) is 1. The summed E-state index contributed by atoms with van der Waals surface area (Å²) in [6.07, 6.45) is 1.06. The number of carbonyl (C=O) groups is 2. The Bertz CT molecular complexity index is 566. The second-order valence-electron chi connectivity index (χ2n) is 5.09. The number of nitro groups is 1. The van der Waals surface area contributed by atoms with Crippen molar-refractivity contribution < 1.29 is 19.2 Å². The molecule has 1 aliphatic rings. The summed E-state index contributed by atoms with van der Waals surface area (Å²) >= 11 is 0. The first kappa shape index (κ1) is 15.9. The molecular weight excluding hydrogens is 290 g/mol. The fraction of sp³-hybridized carbons (Fsp3) is 0.429. The molecule has 1 saturated heterocycles. The molecule has 3 N–H and O–H groups in total. The highest BCUT2D eigenvalue weighted by Gasteiger charge is 2.27. The zero-order valence-electron chi connectivity index (χ0n) is 11.9. The summed E-state index contributed by atoms with van der Waals surface area (Å²) in [5, 5.41) is 13.2. The number of ether oxygens (including phenoxy) is 1. The highest BCUT2D eigenvalue weighted by atomic mass is 16.6. The maximum Gasteiger partial charge on any atom is 0.269 e. The molecule has 0 radical (unpaired) electrons. The lowest BCUT2D eigenvalue weighted by Gasteiger charge is -2.18. The molecule has 0 bridgehead atoms. The van der Waals surface area contributed by atoms with Gasteiger partial charge in [-0.2, -0.15) is 0 Å². The van der Waals surface area contributed by atoms with Crippen LogP contribution < -0.4 is 11.1 Å². The number of nitrogens with one attached hydrogen (secondary N) is 1. The molecule has 22 heavy (non-hydrogen) atoms. The molecule has 2 rings (SSSR count). The van der Waals surface area contributed by atoms with Gasteiger partial charge >= 0.3 is 0 Å². The predicted octanol–water partition coefficient (Wildman–Crippen LogP) is 0.286. The third kappa shape index (κ3) is 4.01.